The highest BCUT2D eigenvalue weighted by Crippen LogP contribution is 2.27. The van der Waals surface area contributed by atoms with Crippen LogP contribution in [0.25, 0.3) is 0 Å². The molecule has 2 aromatic rings. The molecule has 0 aliphatic heterocycles. The molecule has 0 heterocycles. The Hall–Kier alpha value is -2.43. The molecule has 0 amide bonds. The van der Waals surface area contributed by atoms with Gasteiger partial charge in [0.15, 0.2) is 11.6 Å². The van der Waals surface area contributed by atoms with Gasteiger partial charge >= 0.3 is 5.97 Å². The largest absolute Gasteiger partial charge is 0.478 e. The molecule has 0 aliphatic rings. The van der Waals surface area contributed by atoms with Crippen molar-refractivity contribution in [2.45, 2.75) is 6.92 Å². The van der Waals surface area contributed by atoms with E-state index in [1.807, 2.05) is 0 Å². The standard InChI is InChI=1S/C14H10F2O3/c1-8-7-9(5-6-10(8)14(17)18)19-12-4-2-3-11(15)13(12)16/h2-7H,1H3,(H,17,18). The Morgan fingerprint density at radius 3 is 2.58 bits per heavy atom. The van der Waals surface area contributed by atoms with Crippen LogP contribution in [0.2, 0.25) is 0 Å². The topological polar surface area (TPSA) is 46.5 Å². The monoisotopic (exact) mass is 264 g/mol. The average Bonchev–Trinajstić information content (AvgIpc) is 2.34. The lowest BCUT2D eigenvalue weighted by molar-refractivity contribution is 0.0696. The molecule has 0 aromatic heterocycles. The Morgan fingerprint density at radius 1 is 1.21 bits per heavy atom. The summed E-state index contributed by atoms with van der Waals surface area (Å²) in [7, 11) is 0. The molecule has 98 valence electrons. The van der Waals surface area contributed by atoms with E-state index in [0.717, 1.165) is 6.07 Å². The zero-order valence-corrected chi connectivity index (χ0v) is 9.98. The van der Waals surface area contributed by atoms with Gasteiger partial charge in [-0.05, 0) is 42.8 Å². The fourth-order valence-electron chi connectivity index (χ4n) is 1.63. The molecule has 0 aliphatic carbocycles. The summed E-state index contributed by atoms with van der Waals surface area (Å²) in [6.07, 6.45) is 0. The first kappa shape index (κ1) is 13.0. The van der Waals surface area contributed by atoms with E-state index < -0.39 is 17.6 Å². The van der Waals surface area contributed by atoms with E-state index in [4.69, 9.17) is 9.84 Å². The summed E-state index contributed by atoms with van der Waals surface area (Å²) < 4.78 is 31.6. The highest BCUT2D eigenvalue weighted by Gasteiger charge is 2.12. The maximum Gasteiger partial charge on any atom is 0.335 e. The minimum Gasteiger partial charge on any atom is -0.478 e. The normalized spacial score (nSPS) is 10.3. The molecule has 3 nitrogen and oxygen atoms in total. The molecular weight excluding hydrogens is 254 g/mol. The van der Waals surface area contributed by atoms with Crippen LogP contribution >= 0.6 is 0 Å². The predicted molar refractivity (Wildman–Crippen MR) is 64.6 cm³/mol. The van der Waals surface area contributed by atoms with Crippen LogP contribution in [0.5, 0.6) is 11.5 Å². The van der Waals surface area contributed by atoms with Crippen LogP contribution in [0.3, 0.4) is 0 Å². The third kappa shape index (κ3) is 2.70. The minimum absolute atomic E-state index is 0.132. The van der Waals surface area contributed by atoms with Crippen molar-refractivity contribution in [3.05, 3.63) is 59.2 Å². The lowest BCUT2D eigenvalue weighted by atomic mass is 10.1. The molecule has 0 saturated carbocycles. The Morgan fingerprint density at radius 2 is 1.95 bits per heavy atom. The number of aryl methyl sites for hydroxylation is 1. The molecule has 2 aromatic carbocycles. The molecule has 0 radical (unpaired) electrons. The third-order valence-corrected chi connectivity index (χ3v) is 2.57. The van der Waals surface area contributed by atoms with Gasteiger partial charge in [-0.25, -0.2) is 9.18 Å². The van der Waals surface area contributed by atoms with E-state index >= 15 is 0 Å². The smallest absolute Gasteiger partial charge is 0.335 e. The second kappa shape index (κ2) is 5.06. The van der Waals surface area contributed by atoms with Crippen molar-refractivity contribution < 1.29 is 23.4 Å². The summed E-state index contributed by atoms with van der Waals surface area (Å²) >= 11 is 0. The number of benzene rings is 2. The van der Waals surface area contributed by atoms with Gasteiger partial charge < -0.3 is 9.84 Å². The van der Waals surface area contributed by atoms with Gasteiger partial charge in [-0.3, -0.25) is 0 Å². The number of carbonyl (C=O) groups is 1. The zero-order valence-electron chi connectivity index (χ0n) is 9.98. The van der Waals surface area contributed by atoms with Crippen molar-refractivity contribution in [1.82, 2.24) is 0 Å². The van der Waals surface area contributed by atoms with Gasteiger partial charge in [0.1, 0.15) is 5.75 Å². The summed E-state index contributed by atoms with van der Waals surface area (Å²) in [6, 6.07) is 7.80. The van der Waals surface area contributed by atoms with Crippen LogP contribution in [0.4, 0.5) is 8.78 Å². The minimum atomic E-state index is -1.08. The van der Waals surface area contributed by atoms with Crippen molar-refractivity contribution in [1.29, 1.82) is 0 Å². The highest BCUT2D eigenvalue weighted by atomic mass is 19.2. The summed E-state index contributed by atoms with van der Waals surface area (Å²) in [5, 5.41) is 8.88. The number of aromatic carboxylic acids is 1. The van der Waals surface area contributed by atoms with Crippen LogP contribution in [-0.2, 0) is 0 Å². The summed E-state index contributed by atoms with van der Waals surface area (Å²) in [4.78, 5) is 10.8. The molecule has 2 rings (SSSR count). The second-order valence-electron chi connectivity index (χ2n) is 3.94. The molecular formula is C14H10F2O3. The van der Waals surface area contributed by atoms with Gasteiger partial charge in [-0.15, -0.1) is 0 Å². The summed E-state index contributed by atoms with van der Waals surface area (Å²) in [6.45, 7) is 1.60. The fraction of sp³-hybridized carbons (Fsp3) is 0.0714. The van der Waals surface area contributed by atoms with E-state index in [1.54, 1.807) is 6.92 Å². The van der Waals surface area contributed by atoms with Crippen LogP contribution in [0, 0.1) is 18.6 Å². The van der Waals surface area contributed by atoms with E-state index in [2.05, 4.69) is 0 Å². The van der Waals surface area contributed by atoms with Gasteiger partial charge in [-0.1, -0.05) is 6.07 Å². The van der Waals surface area contributed by atoms with Gasteiger partial charge in [-0.2, -0.15) is 4.39 Å². The van der Waals surface area contributed by atoms with Crippen LogP contribution in [0.1, 0.15) is 15.9 Å². The van der Waals surface area contributed by atoms with Crippen molar-refractivity contribution in [2.75, 3.05) is 0 Å². The summed E-state index contributed by atoms with van der Waals surface area (Å²) in [5.74, 6) is -3.14. The van der Waals surface area contributed by atoms with E-state index in [0.29, 0.717) is 5.56 Å². The second-order valence-corrected chi connectivity index (χ2v) is 3.94. The lowest BCUT2D eigenvalue weighted by Gasteiger charge is -2.09. The van der Waals surface area contributed by atoms with Gasteiger partial charge in [0, 0.05) is 0 Å². The average molecular weight is 264 g/mol. The Kier molecular flexibility index (Phi) is 3.46. The first-order valence-corrected chi connectivity index (χ1v) is 5.45. The van der Waals surface area contributed by atoms with Crippen molar-refractivity contribution in [3.63, 3.8) is 0 Å². The molecule has 0 saturated heterocycles. The fourth-order valence-corrected chi connectivity index (χ4v) is 1.63. The number of carboxylic acids is 1. The van der Waals surface area contributed by atoms with Crippen molar-refractivity contribution >= 4 is 5.97 Å². The predicted octanol–water partition coefficient (Wildman–Crippen LogP) is 3.76. The Balaban J connectivity index is 2.32. The Bertz CT molecular complexity index is 639. The SMILES string of the molecule is Cc1cc(Oc2cccc(F)c2F)ccc1C(=O)O. The first-order chi connectivity index (χ1) is 8.99. The number of hydrogen-bond acceptors (Lipinski definition) is 2. The van der Waals surface area contributed by atoms with Gasteiger partial charge in [0.2, 0.25) is 5.82 Å². The van der Waals surface area contributed by atoms with Crippen LogP contribution < -0.4 is 4.74 Å². The Labute approximate surface area is 108 Å². The molecule has 0 fully saturated rings. The first-order valence-electron chi connectivity index (χ1n) is 5.45. The van der Waals surface area contributed by atoms with Gasteiger partial charge in [0.05, 0.1) is 5.56 Å². The molecule has 5 heteroatoms. The van der Waals surface area contributed by atoms with E-state index in [-0.39, 0.29) is 17.1 Å². The highest BCUT2D eigenvalue weighted by molar-refractivity contribution is 5.89. The van der Waals surface area contributed by atoms with Crippen molar-refractivity contribution in [2.24, 2.45) is 0 Å². The number of ether oxygens (including phenoxy) is 1. The van der Waals surface area contributed by atoms with Crippen LogP contribution in [0.15, 0.2) is 36.4 Å². The van der Waals surface area contributed by atoms with Crippen molar-refractivity contribution in [3.8, 4) is 11.5 Å². The molecule has 0 spiro atoms. The van der Waals surface area contributed by atoms with E-state index in [9.17, 15) is 13.6 Å². The molecule has 0 atom stereocenters. The van der Waals surface area contributed by atoms with Gasteiger partial charge in [0.25, 0.3) is 0 Å². The summed E-state index contributed by atoms with van der Waals surface area (Å²) in [5.41, 5.74) is 0.605. The number of carboxylic acid groups (broad SMARTS) is 1. The quantitative estimate of drug-likeness (QED) is 0.918. The maximum absolute atomic E-state index is 13.4. The third-order valence-electron chi connectivity index (χ3n) is 2.57. The zero-order chi connectivity index (χ0) is 14.0. The molecule has 0 bridgehead atoms. The molecule has 1 N–H and O–H groups in total. The lowest BCUT2D eigenvalue weighted by Crippen LogP contribution is -2.00. The number of halogens is 2. The van der Waals surface area contributed by atoms with E-state index in [1.165, 1.54) is 30.3 Å². The number of hydrogen-bond donors (Lipinski definition) is 1. The van der Waals surface area contributed by atoms with Crippen LogP contribution in [-0.4, -0.2) is 11.1 Å². The maximum atomic E-state index is 13.4. The molecule has 19 heavy (non-hydrogen) atoms. The number of rotatable bonds is 3. The molecule has 0 unspecified atom stereocenters.